The largest absolute Gasteiger partial charge is 0.508 e. The molecular formula is C16H13O5. The molecule has 0 bridgehead atoms. The molecule has 3 N–H and O–H groups in total. The smallest absolute Gasteiger partial charge is 0.307 e. The molecule has 107 valence electrons. The fourth-order valence-corrected chi connectivity index (χ4v) is 2.11. The lowest BCUT2D eigenvalue weighted by atomic mass is 9.95. The molecule has 0 spiro atoms. The van der Waals surface area contributed by atoms with Gasteiger partial charge in [0, 0.05) is 5.56 Å². The van der Waals surface area contributed by atoms with E-state index < -0.39 is 11.9 Å². The Labute approximate surface area is 121 Å². The van der Waals surface area contributed by atoms with E-state index in [1.165, 1.54) is 6.07 Å². The van der Waals surface area contributed by atoms with Crippen LogP contribution in [0, 0.1) is 6.07 Å². The molecule has 21 heavy (non-hydrogen) atoms. The van der Waals surface area contributed by atoms with Crippen molar-refractivity contribution in [1.82, 2.24) is 0 Å². The van der Waals surface area contributed by atoms with Crippen LogP contribution in [0.5, 0.6) is 5.75 Å². The molecule has 5 nitrogen and oxygen atoms in total. The van der Waals surface area contributed by atoms with Crippen LogP contribution in [0.3, 0.4) is 0 Å². The number of carboxylic acids is 2. The molecule has 0 aliphatic heterocycles. The lowest BCUT2D eigenvalue weighted by molar-refractivity contribution is -0.137. The molecule has 2 aromatic carbocycles. The Balaban J connectivity index is 2.47. The Kier molecular flexibility index (Phi) is 4.23. The van der Waals surface area contributed by atoms with Crippen LogP contribution in [0.4, 0.5) is 0 Å². The number of hydrogen-bond acceptors (Lipinski definition) is 3. The van der Waals surface area contributed by atoms with E-state index in [9.17, 15) is 14.7 Å². The number of aliphatic carboxylic acids is 2. The molecule has 0 amide bonds. The summed E-state index contributed by atoms with van der Waals surface area (Å²) >= 11 is 0. The van der Waals surface area contributed by atoms with Crippen LogP contribution in [0.15, 0.2) is 36.4 Å². The first kappa shape index (κ1) is 14.6. The predicted octanol–water partition coefficient (Wildman–Crippen LogP) is 2.11. The summed E-state index contributed by atoms with van der Waals surface area (Å²) in [4.78, 5) is 21.7. The van der Waals surface area contributed by atoms with E-state index in [4.69, 9.17) is 10.2 Å². The highest BCUT2D eigenvalue weighted by Gasteiger charge is 2.12. The van der Waals surface area contributed by atoms with Gasteiger partial charge in [0.25, 0.3) is 0 Å². The highest BCUT2D eigenvalue weighted by molar-refractivity contribution is 5.78. The van der Waals surface area contributed by atoms with Crippen molar-refractivity contribution in [2.24, 2.45) is 0 Å². The van der Waals surface area contributed by atoms with Gasteiger partial charge in [-0.1, -0.05) is 18.2 Å². The number of benzene rings is 2. The molecule has 2 rings (SSSR count). The van der Waals surface area contributed by atoms with Gasteiger partial charge in [0.15, 0.2) is 0 Å². The van der Waals surface area contributed by atoms with E-state index in [1.54, 1.807) is 30.3 Å². The van der Waals surface area contributed by atoms with Crippen LogP contribution >= 0.6 is 0 Å². The molecule has 0 unspecified atom stereocenters. The standard InChI is InChI=1S/C16H13O5/c17-14-6-5-11(7-12(14)9-16(20)21)13-4-2-1-3-10(13)8-15(18)19/h2-7,17H,8-9H2,(H,18,19)(H,20,21). The van der Waals surface area contributed by atoms with Gasteiger partial charge in [-0.2, -0.15) is 0 Å². The predicted molar refractivity (Wildman–Crippen MR) is 75.1 cm³/mol. The van der Waals surface area contributed by atoms with Crippen molar-refractivity contribution in [3.8, 4) is 16.9 Å². The summed E-state index contributed by atoms with van der Waals surface area (Å²) in [7, 11) is 0. The molecule has 1 radical (unpaired) electrons. The Morgan fingerprint density at radius 2 is 1.67 bits per heavy atom. The second kappa shape index (κ2) is 6.09. The second-order valence-electron chi connectivity index (χ2n) is 4.57. The number of aromatic hydroxyl groups is 1. The summed E-state index contributed by atoms with van der Waals surface area (Å²) in [6, 6.07) is 12.4. The Morgan fingerprint density at radius 3 is 2.33 bits per heavy atom. The lowest BCUT2D eigenvalue weighted by Crippen LogP contribution is -2.03. The summed E-state index contributed by atoms with van der Waals surface area (Å²) in [5.41, 5.74) is 2.21. The Hall–Kier alpha value is -2.82. The maximum absolute atomic E-state index is 10.9. The maximum Gasteiger partial charge on any atom is 0.307 e. The van der Waals surface area contributed by atoms with Crippen LogP contribution in [0.2, 0.25) is 0 Å². The molecule has 0 saturated carbocycles. The zero-order valence-corrected chi connectivity index (χ0v) is 11.0. The van der Waals surface area contributed by atoms with E-state index in [-0.39, 0.29) is 24.2 Å². The third-order valence-electron chi connectivity index (χ3n) is 3.02. The van der Waals surface area contributed by atoms with Gasteiger partial charge in [0.05, 0.1) is 12.8 Å². The molecule has 5 heteroatoms. The van der Waals surface area contributed by atoms with Gasteiger partial charge in [-0.05, 0) is 41.0 Å². The average molecular weight is 285 g/mol. The van der Waals surface area contributed by atoms with Gasteiger partial charge in [-0.15, -0.1) is 0 Å². The quantitative estimate of drug-likeness (QED) is 0.782. The van der Waals surface area contributed by atoms with Crippen LogP contribution in [-0.4, -0.2) is 27.3 Å². The molecule has 2 aromatic rings. The fraction of sp³-hybridized carbons (Fsp3) is 0.125. The second-order valence-corrected chi connectivity index (χ2v) is 4.57. The number of rotatable bonds is 5. The van der Waals surface area contributed by atoms with E-state index in [0.29, 0.717) is 16.7 Å². The number of carbonyl (C=O) groups is 2. The molecular weight excluding hydrogens is 272 g/mol. The van der Waals surface area contributed by atoms with Crippen LogP contribution in [0.25, 0.3) is 11.1 Å². The summed E-state index contributed by atoms with van der Waals surface area (Å²) in [5.74, 6) is -2.10. The van der Waals surface area contributed by atoms with Crippen LogP contribution in [0.1, 0.15) is 11.1 Å². The molecule has 0 aliphatic rings. The van der Waals surface area contributed by atoms with Gasteiger partial charge >= 0.3 is 11.9 Å². The minimum absolute atomic E-state index is 0.0940. The van der Waals surface area contributed by atoms with Crippen molar-refractivity contribution in [3.05, 3.63) is 53.6 Å². The first-order chi connectivity index (χ1) is 9.97. The summed E-state index contributed by atoms with van der Waals surface area (Å²) in [5, 5.41) is 27.4. The van der Waals surface area contributed by atoms with Crippen molar-refractivity contribution < 1.29 is 24.9 Å². The molecule has 0 fully saturated rings. The molecule has 0 atom stereocenters. The van der Waals surface area contributed by atoms with Gasteiger partial charge < -0.3 is 15.3 Å². The van der Waals surface area contributed by atoms with E-state index in [0.717, 1.165) is 0 Å². The number of carboxylic acid groups (broad SMARTS) is 2. The fourth-order valence-electron chi connectivity index (χ4n) is 2.11. The minimum Gasteiger partial charge on any atom is -0.508 e. The average Bonchev–Trinajstić information content (AvgIpc) is 2.41. The van der Waals surface area contributed by atoms with Gasteiger partial charge in [0.2, 0.25) is 0 Å². The van der Waals surface area contributed by atoms with Crippen LogP contribution in [-0.2, 0) is 22.4 Å². The Morgan fingerprint density at radius 1 is 1.00 bits per heavy atom. The molecule has 0 heterocycles. The zero-order chi connectivity index (χ0) is 15.4. The highest BCUT2D eigenvalue weighted by atomic mass is 16.4. The molecule has 0 saturated heterocycles. The maximum atomic E-state index is 10.9. The summed E-state index contributed by atoms with van der Waals surface area (Å²) in [6.07, 6.45) is -0.450. The van der Waals surface area contributed by atoms with Gasteiger partial charge in [-0.3, -0.25) is 9.59 Å². The lowest BCUT2D eigenvalue weighted by Gasteiger charge is -2.10. The topological polar surface area (TPSA) is 94.8 Å². The van der Waals surface area contributed by atoms with Crippen molar-refractivity contribution in [2.75, 3.05) is 0 Å². The highest BCUT2D eigenvalue weighted by Crippen LogP contribution is 2.29. The van der Waals surface area contributed by atoms with Crippen LogP contribution < -0.4 is 0 Å². The van der Waals surface area contributed by atoms with E-state index >= 15 is 0 Å². The number of phenolic OH excluding ortho intramolecular Hbond substituents is 1. The van der Waals surface area contributed by atoms with E-state index in [2.05, 4.69) is 6.07 Å². The van der Waals surface area contributed by atoms with E-state index in [1.807, 2.05) is 0 Å². The SMILES string of the molecule is O=C(O)Cc1cc(-c2cc[c]cc2CC(=O)O)ccc1O. The van der Waals surface area contributed by atoms with Gasteiger partial charge in [-0.25, -0.2) is 0 Å². The monoisotopic (exact) mass is 285 g/mol. The molecule has 0 aromatic heterocycles. The zero-order valence-electron chi connectivity index (χ0n) is 11.0. The van der Waals surface area contributed by atoms with Crippen molar-refractivity contribution >= 4 is 11.9 Å². The first-order valence-corrected chi connectivity index (χ1v) is 6.22. The first-order valence-electron chi connectivity index (χ1n) is 6.22. The summed E-state index contributed by atoms with van der Waals surface area (Å²) in [6.45, 7) is 0. The van der Waals surface area contributed by atoms with Crippen molar-refractivity contribution in [3.63, 3.8) is 0 Å². The number of hydrogen-bond donors (Lipinski definition) is 3. The normalized spacial score (nSPS) is 10.3. The van der Waals surface area contributed by atoms with Gasteiger partial charge in [0.1, 0.15) is 5.75 Å². The summed E-state index contributed by atoms with van der Waals surface area (Å²) < 4.78 is 0. The molecule has 0 aliphatic carbocycles. The minimum atomic E-state index is -1.05. The van der Waals surface area contributed by atoms with Crippen molar-refractivity contribution in [2.45, 2.75) is 12.8 Å². The van der Waals surface area contributed by atoms with Crippen molar-refractivity contribution in [1.29, 1.82) is 0 Å². The third kappa shape index (κ3) is 3.60. The Bertz CT molecular complexity index is 691. The number of phenols is 1. The third-order valence-corrected chi connectivity index (χ3v) is 3.02.